The van der Waals surface area contributed by atoms with Crippen molar-refractivity contribution in [2.45, 2.75) is 13.1 Å². The van der Waals surface area contributed by atoms with Crippen LogP contribution in [0.5, 0.6) is 0 Å². The van der Waals surface area contributed by atoms with Crippen LogP contribution in [0.3, 0.4) is 0 Å². The van der Waals surface area contributed by atoms with Gasteiger partial charge in [-0.2, -0.15) is 13.2 Å². The number of esters is 1. The third kappa shape index (κ3) is 5.23. The molecule has 8 heteroatoms. The van der Waals surface area contributed by atoms with Gasteiger partial charge in [0, 0.05) is 11.4 Å². The molecule has 0 aliphatic heterocycles. The first kappa shape index (κ1) is 19.3. The van der Waals surface area contributed by atoms with Gasteiger partial charge in [0.2, 0.25) is 5.91 Å². The fourth-order valence-corrected chi connectivity index (χ4v) is 2.15. The van der Waals surface area contributed by atoms with Crippen LogP contribution in [0.4, 0.5) is 24.5 Å². The number of para-hydroxylation sites is 1. The molecule has 0 aliphatic carbocycles. The van der Waals surface area contributed by atoms with Gasteiger partial charge in [0.05, 0.1) is 24.3 Å². The normalized spacial score (nSPS) is 10.9. The van der Waals surface area contributed by atoms with Gasteiger partial charge in [-0.15, -0.1) is 0 Å². The molecule has 0 aliphatic rings. The molecule has 0 radical (unpaired) electrons. The van der Waals surface area contributed by atoms with Gasteiger partial charge in [0.25, 0.3) is 0 Å². The monoisotopic (exact) mass is 366 g/mol. The number of benzene rings is 2. The van der Waals surface area contributed by atoms with E-state index in [1.54, 1.807) is 31.2 Å². The van der Waals surface area contributed by atoms with Crippen LogP contribution >= 0.6 is 0 Å². The first-order chi connectivity index (χ1) is 12.3. The predicted octanol–water partition coefficient (Wildman–Crippen LogP) is 3.93. The summed E-state index contributed by atoms with van der Waals surface area (Å²) in [7, 11) is 0. The molecule has 0 saturated carbocycles. The minimum atomic E-state index is -4.43. The van der Waals surface area contributed by atoms with Crippen LogP contribution in [0.15, 0.2) is 48.5 Å². The Morgan fingerprint density at radius 1 is 1.04 bits per heavy atom. The van der Waals surface area contributed by atoms with E-state index in [2.05, 4.69) is 10.6 Å². The minimum absolute atomic E-state index is 0.169. The fraction of sp³-hybridized carbons (Fsp3) is 0.222. The summed E-state index contributed by atoms with van der Waals surface area (Å²) in [5.74, 6) is -0.984. The lowest BCUT2D eigenvalue weighted by Gasteiger charge is -2.12. The number of hydrogen-bond acceptors (Lipinski definition) is 4. The van der Waals surface area contributed by atoms with Crippen molar-refractivity contribution in [2.24, 2.45) is 0 Å². The number of ether oxygens (including phenoxy) is 1. The highest BCUT2D eigenvalue weighted by Crippen LogP contribution is 2.29. The van der Waals surface area contributed by atoms with Crippen molar-refractivity contribution < 1.29 is 27.5 Å². The summed E-state index contributed by atoms with van der Waals surface area (Å²) >= 11 is 0. The number of anilines is 2. The molecule has 0 saturated heterocycles. The van der Waals surface area contributed by atoms with E-state index in [-0.39, 0.29) is 24.4 Å². The van der Waals surface area contributed by atoms with E-state index in [9.17, 15) is 22.8 Å². The Kier molecular flexibility index (Phi) is 6.21. The van der Waals surface area contributed by atoms with Gasteiger partial charge in [-0.05, 0) is 43.3 Å². The van der Waals surface area contributed by atoms with Crippen molar-refractivity contribution >= 4 is 23.3 Å². The number of carbonyl (C=O) groups is 2. The largest absolute Gasteiger partial charge is 0.462 e. The molecular weight excluding hydrogens is 349 g/mol. The first-order valence-corrected chi connectivity index (χ1v) is 7.78. The number of rotatable bonds is 6. The maximum Gasteiger partial charge on any atom is 0.416 e. The zero-order valence-corrected chi connectivity index (χ0v) is 13.9. The topological polar surface area (TPSA) is 67.4 Å². The molecule has 0 bridgehead atoms. The zero-order valence-electron chi connectivity index (χ0n) is 13.9. The average Bonchev–Trinajstić information content (AvgIpc) is 2.60. The van der Waals surface area contributed by atoms with Crippen molar-refractivity contribution in [3.8, 4) is 0 Å². The molecule has 0 fully saturated rings. The van der Waals surface area contributed by atoms with Gasteiger partial charge >= 0.3 is 12.1 Å². The summed E-state index contributed by atoms with van der Waals surface area (Å²) in [6.45, 7) is 1.74. The van der Waals surface area contributed by atoms with Crippen LogP contribution in [-0.4, -0.2) is 25.0 Å². The van der Waals surface area contributed by atoms with E-state index in [0.29, 0.717) is 5.69 Å². The van der Waals surface area contributed by atoms with E-state index in [4.69, 9.17) is 4.74 Å². The molecule has 138 valence electrons. The minimum Gasteiger partial charge on any atom is -0.462 e. The van der Waals surface area contributed by atoms with E-state index < -0.39 is 23.6 Å². The Hall–Kier alpha value is -3.03. The van der Waals surface area contributed by atoms with Crippen LogP contribution in [0.25, 0.3) is 0 Å². The zero-order chi connectivity index (χ0) is 19.2. The van der Waals surface area contributed by atoms with Crippen LogP contribution in [-0.2, 0) is 15.7 Å². The lowest BCUT2D eigenvalue weighted by Crippen LogP contribution is -2.23. The van der Waals surface area contributed by atoms with Crippen LogP contribution < -0.4 is 10.6 Å². The molecule has 2 aromatic carbocycles. The maximum absolute atomic E-state index is 12.5. The van der Waals surface area contributed by atoms with Crippen molar-refractivity contribution in [3.05, 3.63) is 59.7 Å². The lowest BCUT2D eigenvalue weighted by atomic mass is 10.2. The molecule has 26 heavy (non-hydrogen) atoms. The molecule has 0 unspecified atom stereocenters. The highest BCUT2D eigenvalue weighted by Gasteiger charge is 2.29. The van der Waals surface area contributed by atoms with Gasteiger partial charge in [0.1, 0.15) is 0 Å². The highest BCUT2D eigenvalue weighted by atomic mass is 19.4. The van der Waals surface area contributed by atoms with E-state index in [1.807, 2.05) is 0 Å². The summed E-state index contributed by atoms with van der Waals surface area (Å²) in [6, 6.07) is 10.7. The predicted molar refractivity (Wildman–Crippen MR) is 91.0 cm³/mol. The number of amides is 1. The summed E-state index contributed by atoms with van der Waals surface area (Å²) < 4.78 is 42.5. The summed E-state index contributed by atoms with van der Waals surface area (Å²) in [5.41, 5.74) is 0.158. The smallest absolute Gasteiger partial charge is 0.416 e. The Morgan fingerprint density at radius 2 is 1.69 bits per heavy atom. The molecule has 0 spiro atoms. The van der Waals surface area contributed by atoms with Gasteiger partial charge in [-0.3, -0.25) is 4.79 Å². The van der Waals surface area contributed by atoms with Gasteiger partial charge in [-0.25, -0.2) is 4.79 Å². The molecule has 0 aromatic heterocycles. The van der Waals surface area contributed by atoms with Crippen molar-refractivity contribution in [1.29, 1.82) is 0 Å². The molecule has 0 heterocycles. The second-order valence-electron chi connectivity index (χ2n) is 5.24. The second-order valence-corrected chi connectivity index (χ2v) is 5.24. The SMILES string of the molecule is CCOC(=O)c1ccccc1NCC(=O)Nc1ccc(C(F)(F)F)cc1. The van der Waals surface area contributed by atoms with Gasteiger partial charge in [-0.1, -0.05) is 12.1 Å². The Labute approximate surface area is 148 Å². The number of hydrogen-bond donors (Lipinski definition) is 2. The average molecular weight is 366 g/mol. The molecule has 2 aromatic rings. The Morgan fingerprint density at radius 3 is 2.31 bits per heavy atom. The van der Waals surface area contributed by atoms with Crippen molar-refractivity contribution in [3.63, 3.8) is 0 Å². The highest BCUT2D eigenvalue weighted by molar-refractivity contribution is 5.98. The number of halogens is 3. The summed E-state index contributed by atoms with van der Waals surface area (Å²) in [5, 5.41) is 5.30. The molecular formula is C18H17F3N2O3. The summed E-state index contributed by atoms with van der Waals surface area (Å²) in [4.78, 5) is 23.8. The van der Waals surface area contributed by atoms with Crippen LogP contribution in [0, 0.1) is 0 Å². The Bertz CT molecular complexity index is 774. The molecule has 2 N–H and O–H groups in total. The molecule has 0 atom stereocenters. The summed E-state index contributed by atoms with van der Waals surface area (Å²) in [6.07, 6.45) is -4.43. The maximum atomic E-state index is 12.5. The fourth-order valence-electron chi connectivity index (χ4n) is 2.15. The number of nitrogens with one attached hydrogen (secondary N) is 2. The van der Waals surface area contributed by atoms with Crippen molar-refractivity contribution in [2.75, 3.05) is 23.8 Å². The third-order valence-corrected chi connectivity index (χ3v) is 3.36. The van der Waals surface area contributed by atoms with E-state index in [0.717, 1.165) is 12.1 Å². The standard InChI is InChI=1S/C18H17F3N2O3/c1-2-26-17(25)14-5-3-4-6-15(14)22-11-16(24)23-13-9-7-12(8-10-13)18(19,20)21/h3-10,22H,2,11H2,1H3,(H,23,24). The lowest BCUT2D eigenvalue weighted by molar-refractivity contribution is -0.137. The second kappa shape index (κ2) is 8.37. The first-order valence-electron chi connectivity index (χ1n) is 7.78. The van der Waals surface area contributed by atoms with E-state index in [1.165, 1.54) is 12.1 Å². The number of carbonyl (C=O) groups excluding carboxylic acids is 2. The number of alkyl halides is 3. The van der Waals surface area contributed by atoms with Gasteiger partial charge in [0.15, 0.2) is 0 Å². The van der Waals surface area contributed by atoms with Crippen molar-refractivity contribution in [1.82, 2.24) is 0 Å². The molecule has 5 nitrogen and oxygen atoms in total. The molecule has 2 rings (SSSR count). The van der Waals surface area contributed by atoms with Gasteiger partial charge < -0.3 is 15.4 Å². The van der Waals surface area contributed by atoms with Crippen LogP contribution in [0.2, 0.25) is 0 Å². The third-order valence-electron chi connectivity index (χ3n) is 3.36. The molecule has 1 amide bonds. The van der Waals surface area contributed by atoms with Crippen LogP contribution in [0.1, 0.15) is 22.8 Å². The van der Waals surface area contributed by atoms with E-state index >= 15 is 0 Å². The quantitative estimate of drug-likeness (QED) is 0.760. The Balaban J connectivity index is 1.96.